The molecule has 5 aromatic rings. The van der Waals surface area contributed by atoms with Crippen LogP contribution in [0.3, 0.4) is 0 Å². The Balaban J connectivity index is 1.34. The number of aromatic nitrogens is 5. The van der Waals surface area contributed by atoms with Gasteiger partial charge in [0.1, 0.15) is 12.2 Å². The molecule has 0 radical (unpaired) electrons. The van der Waals surface area contributed by atoms with E-state index in [1.807, 2.05) is 55.5 Å². The van der Waals surface area contributed by atoms with Gasteiger partial charge in [-0.1, -0.05) is 66.7 Å². The number of likely N-dealkylation sites (N-methyl/N-ethyl adjacent to an activating group) is 1. The van der Waals surface area contributed by atoms with E-state index in [-0.39, 0.29) is 36.3 Å². The number of nitrogens with zero attached hydrogens (tertiary/aromatic N) is 5. The summed E-state index contributed by atoms with van der Waals surface area (Å²) in [6, 6.07) is 25.7. The van der Waals surface area contributed by atoms with Gasteiger partial charge in [0.15, 0.2) is 23.2 Å². The summed E-state index contributed by atoms with van der Waals surface area (Å²) in [5.74, 6) is -0.575. The van der Waals surface area contributed by atoms with E-state index in [0.717, 1.165) is 11.1 Å². The number of anilines is 1. The molecule has 3 aromatic heterocycles. The number of aliphatic hydroxyl groups excluding tert-OH is 1. The fraction of sp³-hybridized carbons (Fsp3) is 0.273. The van der Waals surface area contributed by atoms with Crippen molar-refractivity contribution in [2.24, 2.45) is 0 Å². The molecule has 4 heterocycles. The Morgan fingerprint density at radius 3 is 2.33 bits per heavy atom. The summed E-state index contributed by atoms with van der Waals surface area (Å²) < 4.78 is 7.52. The highest BCUT2D eigenvalue weighted by Crippen LogP contribution is 2.33. The molecule has 2 aromatic carbocycles. The van der Waals surface area contributed by atoms with Crippen molar-refractivity contribution in [2.45, 2.75) is 44.2 Å². The second kappa shape index (κ2) is 13.6. The highest BCUT2D eigenvalue weighted by Gasteiger charge is 2.40. The highest BCUT2D eigenvalue weighted by atomic mass is 16.5. The van der Waals surface area contributed by atoms with Gasteiger partial charge in [-0.05, 0) is 30.2 Å². The summed E-state index contributed by atoms with van der Waals surface area (Å²) in [4.78, 5) is 43.8. The summed E-state index contributed by atoms with van der Waals surface area (Å²) in [5.41, 5.74) is 3.58. The number of fused-ring (bicyclic) bond motifs is 1. The Labute approximate surface area is 259 Å². The van der Waals surface area contributed by atoms with Crippen LogP contribution in [0.5, 0.6) is 0 Å². The number of ether oxygens (including phenoxy) is 1. The van der Waals surface area contributed by atoms with Crippen LogP contribution in [0.15, 0.2) is 91.4 Å². The molecule has 6 rings (SSSR count). The van der Waals surface area contributed by atoms with Gasteiger partial charge >= 0.3 is 0 Å². The van der Waals surface area contributed by atoms with Gasteiger partial charge in [0.2, 0.25) is 11.7 Å². The Morgan fingerprint density at radius 1 is 0.956 bits per heavy atom. The van der Waals surface area contributed by atoms with E-state index in [0.29, 0.717) is 30.1 Å². The lowest BCUT2D eigenvalue weighted by atomic mass is 9.91. The molecule has 1 fully saturated rings. The topological polar surface area (TPSA) is 156 Å². The van der Waals surface area contributed by atoms with Crippen LogP contribution in [0.1, 0.15) is 52.9 Å². The van der Waals surface area contributed by atoms with Gasteiger partial charge in [-0.3, -0.25) is 19.1 Å². The molecule has 1 aliphatic rings. The lowest BCUT2D eigenvalue weighted by Gasteiger charge is -2.20. The van der Waals surface area contributed by atoms with Crippen molar-refractivity contribution in [3.8, 4) is 0 Å². The van der Waals surface area contributed by atoms with E-state index >= 15 is 0 Å². The summed E-state index contributed by atoms with van der Waals surface area (Å²) in [5, 5.41) is 19.9. The van der Waals surface area contributed by atoms with E-state index < -0.39 is 24.3 Å². The fourth-order valence-corrected chi connectivity index (χ4v) is 5.44. The third-order valence-electron chi connectivity index (χ3n) is 7.66. The van der Waals surface area contributed by atoms with E-state index in [2.05, 4.69) is 60.2 Å². The maximum absolute atomic E-state index is 13.4. The molecule has 0 aliphatic carbocycles. The van der Waals surface area contributed by atoms with Crippen LogP contribution in [-0.2, 0) is 16.1 Å². The molecule has 1 saturated heterocycles. The molecule has 3 atom stereocenters. The fourth-order valence-electron chi connectivity index (χ4n) is 5.44. The van der Waals surface area contributed by atoms with Crippen molar-refractivity contribution in [3.63, 3.8) is 0 Å². The summed E-state index contributed by atoms with van der Waals surface area (Å²) in [6.07, 6.45) is 0.487. The molecular weight excluding hydrogens is 572 g/mol. The maximum atomic E-state index is 13.4. The van der Waals surface area contributed by atoms with Gasteiger partial charge in [0.05, 0.1) is 18.6 Å². The first kappa shape index (κ1) is 29.9. The Kier molecular flexibility index (Phi) is 9.04. The molecule has 0 saturated carbocycles. The minimum atomic E-state index is -0.997. The van der Waals surface area contributed by atoms with Crippen molar-refractivity contribution < 1.29 is 19.4 Å². The molecule has 45 heavy (non-hydrogen) atoms. The molecule has 2 amide bonds. The molecule has 4 N–H and O–H groups in total. The Bertz CT molecular complexity index is 1710. The summed E-state index contributed by atoms with van der Waals surface area (Å²) in [7, 11) is 0. The third kappa shape index (κ3) is 6.66. The van der Waals surface area contributed by atoms with Crippen LogP contribution in [0.25, 0.3) is 11.2 Å². The van der Waals surface area contributed by atoms with Crippen LogP contribution >= 0.6 is 0 Å². The number of rotatable bonds is 11. The van der Waals surface area contributed by atoms with E-state index in [4.69, 9.17) is 4.74 Å². The van der Waals surface area contributed by atoms with Crippen molar-refractivity contribution in [3.05, 3.63) is 114 Å². The van der Waals surface area contributed by atoms with E-state index in [1.54, 1.807) is 16.8 Å². The minimum absolute atomic E-state index is 0.0289. The van der Waals surface area contributed by atoms with Gasteiger partial charge in [-0.2, -0.15) is 0 Å². The zero-order valence-corrected chi connectivity index (χ0v) is 24.7. The molecule has 12 nitrogen and oxygen atoms in total. The lowest BCUT2D eigenvalue weighted by Crippen LogP contribution is -2.34. The van der Waals surface area contributed by atoms with Crippen molar-refractivity contribution in [1.29, 1.82) is 0 Å². The average molecular weight is 607 g/mol. The van der Waals surface area contributed by atoms with Crippen LogP contribution in [0.4, 0.5) is 5.82 Å². The second-order valence-electron chi connectivity index (χ2n) is 10.7. The molecule has 0 spiro atoms. The number of aliphatic hydroxyl groups is 1. The number of hydrogen-bond donors (Lipinski definition) is 4. The predicted molar refractivity (Wildman–Crippen MR) is 167 cm³/mol. The van der Waals surface area contributed by atoms with Gasteiger partial charge < -0.3 is 25.8 Å². The monoisotopic (exact) mass is 606 g/mol. The summed E-state index contributed by atoms with van der Waals surface area (Å²) in [6.45, 7) is 2.89. The number of benzene rings is 2. The zero-order valence-electron chi connectivity index (χ0n) is 24.7. The van der Waals surface area contributed by atoms with E-state index in [9.17, 15) is 14.7 Å². The zero-order chi connectivity index (χ0) is 31.2. The second-order valence-corrected chi connectivity index (χ2v) is 10.7. The molecular formula is C33H34N8O4. The summed E-state index contributed by atoms with van der Waals surface area (Å²) >= 11 is 0. The number of carbonyl (C=O) groups is 2. The SMILES string of the molecule is CCNC(=O)[C@@H]1C[C@H](O)C(n2cnc3c(NCC(c4ccccc4)c4ccccc4)nc(C(=O)NCc4ccccn4)nc32)O1. The minimum Gasteiger partial charge on any atom is -0.388 e. The van der Waals surface area contributed by atoms with Gasteiger partial charge in [0.25, 0.3) is 5.91 Å². The van der Waals surface area contributed by atoms with Gasteiger partial charge in [-0.25, -0.2) is 15.0 Å². The highest BCUT2D eigenvalue weighted by molar-refractivity contribution is 5.94. The van der Waals surface area contributed by atoms with Gasteiger partial charge in [0, 0.05) is 31.6 Å². The first-order valence-corrected chi connectivity index (χ1v) is 14.9. The normalized spacial score (nSPS) is 17.8. The number of carbonyl (C=O) groups excluding carboxylic acids is 2. The average Bonchev–Trinajstić information content (AvgIpc) is 3.68. The molecule has 230 valence electrons. The largest absolute Gasteiger partial charge is 0.388 e. The molecule has 12 heteroatoms. The molecule has 0 bridgehead atoms. The lowest BCUT2D eigenvalue weighted by molar-refractivity contribution is -0.134. The third-order valence-corrected chi connectivity index (χ3v) is 7.66. The first-order valence-electron chi connectivity index (χ1n) is 14.9. The number of nitrogens with one attached hydrogen (secondary N) is 3. The Morgan fingerprint density at radius 2 is 1.67 bits per heavy atom. The number of imidazole rings is 1. The van der Waals surface area contributed by atoms with Crippen LogP contribution < -0.4 is 16.0 Å². The van der Waals surface area contributed by atoms with Gasteiger partial charge in [-0.15, -0.1) is 0 Å². The smallest absolute Gasteiger partial charge is 0.289 e. The van der Waals surface area contributed by atoms with Crippen molar-refractivity contribution in [2.75, 3.05) is 18.4 Å². The number of pyridine rings is 1. The maximum Gasteiger partial charge on any atom is 0.289 e. The number of amides is 2. The quantitative estimate of drug-likeness (QED) is 0.177. The van der Waals surface area contributed by atoms with E-state index in [1.165, 1.54) is 6.33 Å². The van der Waals surface area contributed by atoms with Crippen molar-refractivity contribution >= 4 is 28.8 Å². The first-order chi connectivity index (χ1) is 22.0. The van der Waals surface area contributed by atoms with Crippen LogP contribution in [0.2, 0.25) is 0 Å². The van der Waals surface area contributed by atoms with Crippen molar-refractivity contribution in [1.82, 2.24) is 35.1 Å². The van der Waals surface area contributed by atoms with Crippen LogP contribution in [-0.4, -0.2) is 66.7 Å². The van der Waals surface area contributed by atoms with Crippen LogP contribution in [0, 0.1) is 0 Å². The Hall–Kier alpha value is -5.20. The molecule has 1 aliphatic heterocycles. The standard InChI is InChI=1S/C33H34N8O4/c1-2-34-31(43)26-17-25(42)33(45-26)41-20-38-27-28(36-19-24(21-11-5-3-6-12-21)22-13-7-4-8-14-22)39-29(40-30(27)41)32(44)37-18-23-15-9-10-16-35-23/h3-16,20,24-26,33,42H,2,17-19H2,1H3,(H,34,43)(H,37,44)(H,36,39,40)/t25-,26-,33?/m0/s1. The molecule has 1 unspecified atom stereocenters. The number of hydrogen-bond acceptors (Lipinski definition) is 9. The predicted octanol–water partition coefficient (Wildman–Crippen LogP) is 3.18.